The summed E-state index contributed by atoms with van der Waals surface area (Å²) in [5.41, 5.74) is 1.45. The molecule has 1 heterocycles. The molecule has 0 saturated carbocycles. The van der Waals surface area contributed by atoms with Gasteiger partial charge in [-0.25, -0.2) is 13.0 Å². The van der Waals surface area contributed by atoms with Crippen LogP contribution >= 0.6 is 11.6 Å². The Morgan fingerprint density at radius 3 is 2.12 bits per heavy atom. The van der Waals surface area contributed by atoms with Crippen LogP contribution in [0.2, 0.25) is 23.2 Å². The molecule has 1 aromatic carbocycles. The smallest absolute Gasteiger partial charge is 0.192 e. The van der Waals surface area contributed by atoms with Gasteiger partial charge in [0.1, 0.15) is 33.4 Å². The number of nitrogens with zero attached hydrogens (tertiary/aromatic N) is 2. The molecule has 176 valence electrons. The van der Waals surface area contributed by atoms with Gasteiger partial charge < -0.3 is 4.43 Å². The third-order valence-electron chi connectivity index (χ3n) is 5.43. The van der Waals surface area contributed by atoms with E-state index in [9.17, 15) is 13.0 Å². The van der Waals surface area contributed by atoms with Crippen molar-refractivity contribution in [3.63, 3.8) is 0 Å². The lowest BCUT2D eigenvalue weighted by molar-refractivity contribution is 0.276. The lowest BCUT2D eigenvalue weighted by Gasteiger charge is -2.36. The maximum Gasteiger partial charge on any atom is 0.192 e. The van der Waals surface area contributed by atoms with E-state index in [1.54, 1.807) is 33.0 Å². The zero-order chi connectivity index (χ0) is 24.5. The molecule has 0 unspecified atom stereocenters. The molecule has 0 aliphatic rings. The van der Waals surface area contributed by atoms with E-state index in [0.717, 1.165) is 17.7 Å². The van der Waals surface area contributed by atoms with E-state index >= 15 is 0 Å². The number of benzene rings is 1. The van der Waals surface area contributed by atoms with Crippen molar-refractivity contribution >= 4 is 36.6 Å². The van der Waals surface area contributed by atoms with E-state index in [4.69, 9.17) is 16.0 Å². The second-order valence-corrected chi connectivity index (χ2v) is 17.2. The first-order valence-corrected chi connectivity index (χ1v) is 14.7. The molecule has 0 amide bonds. The van der Waals surface area contributed by atoms with Crippen molar-refractivity contribution in [2.24, 2.45) is 4.40 Å². The average Bonchev–Trinajstić information content (AvgIpc) is 2.67. The highest BCUT2D eigenvalue weighted by atomic mass is 35.5. The molecule has 2 aromatic rings. The first kappa shape index (κ1) is 26.8. The van der Waals surface area contributed by atoms with E-state index in [-0.39, 0.29) is 16.3 Å². The highest BCUT2D eigenvalue weighted by Crippen LogP contribution is 2.37. The van der Waals surface area contributed by atoms with Crippen LogP contribution < -0.4 is 0 Å². The lowest BCUT2D eigenvalue weighted by Crippen LogP contribution is -2.40. The second kappa shape index (κ2) is 9.79. The molecule has 0 aliphatic heterocycles. The van der Waals surface area contributed by atoms with Crippen molar-refractivity contribution in [2.75, 3.05) is 0 Å². The van der Waals surface area contributed by atoms with Gasteiger partial charge in [0.25, 0.3) is 0 Å². The summed E-state index contributed by atoms with van der Waals surface area (Å²) in [5, 5.41) is -0.518. The third-order valence-corrected chi connectivity index (χ3v) is 11.7. The normalized spacial score (nSPS) is 14.5. The average molecular weight is 501 g/mol. The molecular weight excluding hydrogens is 470 g/mol. The Hall–Kier alpha value is -1.48. The van der Waals surface area contributed by atoms with Gasteiger partial charge >= 0.3 is 0 Å². The Balaban J connectivity index is 2.43. The molecule has 0 bridgehead atoms. The van der Waals surface area contributed by atoms with E-state index < -0.39 is 40.7 Å². The number of hydrogen-bond donors (Lipinski definition) is 0. The van der Waals surface area contributed by atoms with Gasteiger partial charge in [0, 0.05) is 11.8 Å². The van der Waals surface area contributed by atoms with Crippen LogP contribution in [-0.2, 0) is 22.0 Å². The molecule has 1 atom stereocenters. The van der Waals surface area contributed by atoms with Gasteiger partial charge in [0.05, 0.1) is 17.0 Å². The van der Waals surface area contributed by atoms with Crippen molar-refractivity contribution in [2.45, 2.75) is 71.0 Å². The molecule has 0 saturated heterocycles. The van der Waals surface area contributed by atoms with Crippen LogP contribution in [0, 0.1) is 11.6 Å². The van der Waals surface area contributed by atoms with Gasteiger partial charge in [-0.15, -0.1) is 0 Å². The molecule has 9 heteroatoms. The summed E-state index contributed by atoms with van der Waals surface area (Å²) in [5.74, 6) is -1.84. The van der Waals surface area contributed by atoms with Crippen molar-refractivity contribution in [1.29, 1.82) is 0 Å². The number of aromatic nitrogens is 1. The van der Waals surface area contributed by atoms with Gasteiger partial charge in [-0.05, 0) is 62.7 Å². The summed E-state index contributed by atoms with van der Waals surface area (Å²) in [4.78, 5) is 4.43. The number of pyridine rings is 1. The number of rotatable bonds is 6. The maximum absolute atomic E-state index is 14.1. The summed E-state index contributed by atoms with van der Waals surface area (Å²) in [6.45, 7) is 16.6. The molecule has 32 heavy (non-hydrogen) atoms. The van der Waals surface area contributed by atoms with Crippen LogP contribution in [0.5, 0.6) is 0 Å². The zero-order valence-electron chi connectivity index (χ0n) is 19.8. The van der Waals surface area contributed by atoms with E-state index in [1.165, 1.54) is 0 Å². The van der Waals surface area contributed by atoms with Crippen molar-refractivity contribution < 1.29 is 17.4 Å². The summed E-state index contributed by atoms with van der Waals surface area (Å²) in [7, 11) is -3.59. The minimum atomic E-state index is -1.92. The third kappa shape index (κ3) is 6.53. The first-order chi connectivity index (χ1) is 14.5. The van der Waals surface area contributed by atoms with Crippen molar-refractivity contribution in [3.8, 4) is 0 Å². The summed E-state index contributed by atoms with van der Waals surface area (Å²) in [6, 6.07) is 5.65. The number of hydrogen-bond acceptors (Lipinski definition) is 3. The highest BCUT2D eigenvalue weighted by Gasteiger charge is 2.37. The van der Waals surface area contributed by atoms with Gasteiger partial charge in [0.15, 0.2) is 8.32 Å². The molecular formula is C23H31ClF2N2O2SSi. The largest absolute Gasteiger partial charge is 0.413 e. The first-order valence-electron chi connectivity index (χ1n) is 10.3. The maximum atomic E-state index is 14.1. The lowest BCUT2D eigenvalue weighted by atomic mass is 10.1. The Kier molecular flexibility index (Phi) is 8.19. The molecule has 1 aromatic heterocycles. The molecule has 0 spiro atoms. The van der Waals surface area contributed by atoms with E-state index in [2.05, 4.69) is 43.2 Å². The molecule has 0 fully saturated rings. The van der Waals surface area contributed by atoms with Crippen LogP contribution in [0.1, 0.15) is 58.4 Å². The van der Waals surface area contributed by atoms with Gasteiger partial charge in [-0.1, -0.05) is 38.4 Å². The minimum Gasteiger partial charge on any atom is -0.413 e. The van der Waals surface area contributed by atoms with Crippen LogP contribution in [0.4, 0.5) is 8.78 Å². The molecule has 0 aliphatic carbocycles. The van der Waals surface area contributed by atoms with E-state index in [1.807, 2.05) is 6.07 Å². The van der Waals surface area contributed by atoms with Crippen molar-refractivity contribution in [1.82, 2.24) is 4.98 Å². The SMILES string of the molecule is CC(C)(C)[S@@](=O)N=C(c1cc(F)c(Cl)c(F)c1)c1ccc(CO[Si](C)(C)C(C)(C)C)cn1. The Bertz CT molecular complexity index is 1010. The summed E-state index contributed by atoms with van der Waals surface area (Å²) < 4.78 is 50.8. The predicted molar refractivity (Wildman–Crippen MR) is 131 cm³/mol. The Morgan fingerprint density at radius 1 is 1.12 bits per heavy atom. The van der Waals surface area contributed by atoms with Crippen molar-refractivity contribution in [3.05, 3.63) is 63.9 Å². The highest BCUT2D eigenvalue weighted by molar-refractivity contribution is 7.85. The molecule has 2 rings (SSSR count). The van der Waals surface area contributed by atoms with Gasteiger partial charge in [-0.2, -0.15) is 4.40 Å². The Morgan fingerprint density at radius 2 is 1.69 bits per heavy atom. The van der Waals surface area contributed by atoms with Crippen LogP contribution in [0.3, 0.4) is 0 Å². The van der Waals surface area contributed by atoms with Crippen LogP contribution in [-0.4, -0.2) is 28.0 Å². The standard InChI is InChI=1S/C23H31ClF2N2O2SSi/c1-22(2,3)31(29)28-21(16-11-17(25)20(24)18(26)12-16)19-10-9-15(13-27-19)14-30-32(7,8)23(4,5)6/h9-13H,14H2,1-8H3/t31-/m1/s1. The monoisotopic (exact) mass is 500 g/mol. The summed E-state index contributed by atoms with van der Waals surface area (Å²) in [6.07, 6.45) is 1.64. The summed E-state index contributed by atoms with van der Waals surface area (Å²) >= 11 is 5.63. The molecule has 0 radical (unpaired) electrons. The quantitative estimate of drug-likeness (QED) is 0.248. The van der Waals surface area contributed by atoms with Crippen LogP contribution in [0.15, 0.2) is 34.9 Å². The zero-order valence-corrected chi connectivity index (χ0v) is 22.4. The predicted octanol–water partition coefficient (Wildman–Crippen LogP) is 6.83. The minimum absolute atomic E-state index is 0.0833. The van der Waals surface area contributed by atoms with E-state index in [0.29, 0.717) is 12.3 Å². The van der Waals surface area contributed by atoms with Crippen LogP contribution in [0.25, 0.3) is 0 Å². The fourth-order valence-electron chi connectivity index (χ4n) is 2.29. The topological polar surface area (TPSA) is 51.5 Å². The molecule has 4 nitrogen and oxygen atoms in total. The second-order valence-electron chi connectivity index (χ2n) is 10.2. The molecule has 0 N–H and O–H groups in total. The fraction of sp³-hybridized carbons (Fsp3) is 0.478. The van der Waals surface area contributed by atoms with Gasteiger partial charge in [0.2, 0.25) is 0 Å². The number of halogens is 3. The van der Waals surface area contributed by atoms with Gasteiger partial charge in [-0.3, -0.25) is 4.98 Å². The fourth-order valence-corrected chi connectivity index (χ4v) is 4.00. The Labute approximate surface area is 198 Å².